The molecule has 21 heavy (non-hydrogen) atoms. The Morgan fingerprint density at radius 2 is 1.71 bits per heavy atom. The molecule has 4 nitrogen and oxygen atoms in total. The van der Waals surface area contributed by atoms with Crippen molar-refractivity contribution < 1.29 is 4.79 Å². The first kappa shape index (κ1) is 15.0. The highest BCUT2D eigenvalue weighted by Crippen LogP contribution is 2.17. The third-order valence-corrected chi connectivity index (χ3v) is 3.18. The minimum absolute atomic E-state index is 0.0865. The van der Waals surface area contributed by atoms with E-state index in [9.17, 15) is 4.79 Å². The van der Waals surface area contributed by atoms with E-state index in [1.807, 2.05) is 43.3 Å². The van der Waals surface area contributed by atoms with Gasteiger partial charge in [0, 0.05) is 0 Å². The van der Waals surface area contributed by atoms with Crippen molar-refractivity contribution >= 4 is 28.9 Å². The number of nitrogens with one attached hydrogen (secondary N) is 2. The van der Waals surface area contributed by atoms with Crippen LogP contribution in [0.25, 0.3) is 0 Å². The van der Waals surface area contributed by atoms with Crippen LogP contribution in [0.2, 0.25) is 0 Å². The van der Waals surface area contributed by atoms with Gasteiger partial charge in [0.05, 0.1) is 17.3 Å². The van der Waals surface area contributed by atoms with Crippen molar-refractivity contribution in [2.45, 2.75) is 13.0 Å². The second-order valence-corrected chi connectivity index (χ2v) is 5.08. The standard InChI is InChI=1S/C16H17N3OS/c1-11(12-7-3-2-4-8-12)18-15(20)13-9-5-6-10-14(13)19-16(17)21/h2-11H,1H3,(H,18,20)(H3,17,19,21). The van der Waals surface area contributed by atoms with Gasteiger partial charge >= 0.3 is 0 Å². The zero-order chi connectivity index (χ0) is 15.2. The summed E-state index contributed by atoms with van der Waals surface area (Å²) < 4.78 is 0. The van der Waals surface area contributed by atoms with Crippen LogP contribution in [0.3, 0.4) is 0 Å². The smallest absolute Gasteiger partial charge is 0.253 e. The van der Waals surface area contributed by atoms with Gasteiger partial charge < -0.3 is 16.4 Å². The molecule has 0 radical (unpaired) electrons. The number of benzene rings is 2. The first-order chi connectivity index (χ1) is 10.1. The monoisotopic (exact) mass is 299 g/mol. The lowest BCUT2D eigenvalue weighted by atomic mass is 10.1. The summed E-state index contributed by atoms with van der Waals surface area (Å²) >= 11 is 4.82. The number of nitrogens with two attached hydrogens (primary N) is 1. The number of carbonyl (C=O) groups excluding carboxylic acids is 1. The Hall–Kier alpha value is -2.40. The summed E-state index contributed by atoms with van der Waals surface area (Å²) in [5.74, 6) is -0.175. The minimum Gasteiger partial charge on any atom is -0.376 e. The summed E-state index contributed by atoms with van der Waals surface area (Å²) in [4.78, 5) is 12.4. The maximum atomic E-state index is 12.4. The predicted molar refractivity (Wildman–Crippen MR) is 89.2 cm³/mol. The molecule has 1 atom stereocenters. The summed E-state index contributed by atoms with van der Waals surface area (Å²) in [7, 11) is 0. The average molecular weight is 299 g/mol. The molecule has 0 spiro atoms. The SMILES string of the molecule is CC(NC(=O)c1ccccc1NC(N)=S)c1ccccc1. The highest BCUT2D eigenvalue weighted by Gasteiger charge is 2.14. The van der Waals surface area contributed by atoms with E-state index in [-0.39, 0.29) is 17.1 Å². The van der Waals surface area contributed by atoms with Crippen LogP contribution in [0.4, 0.5) is 5.69 Å². The highest BCUT2D eigenvalue weighted by atomic mass is 32.1. The van der Waals surface area contributed by atoms with Crippen LogP contribution in [0.5, 0.6) is 0 Å². The molecular weight excluding hydrogens is 282 g/mol. The zero-order valence-electron chi connectivity index (χ0n) is 11.7. The Kier molecular flexibility index (Phi) is 4.90. The van der Waals surface area contributed by atoms with Crippen molar-refractivity contribution in [2.75, 3.05) is 5.32 Å². The molecule has 2 rings (SSSR count). The van der Waals surface area contributed by atoms with Crippen LogP contribution in [0.1, 0.15) is 28.9 Å². The quantitative estimate of drug-likeness (QED) is 0.760. The van der Waals surface area contributed by atoms with Crippen LogP contribution in [0.15, 0.2) is 54.6 Å². The molecule has 2 aromatic carbocycles. The molecule has 0 saturated heterocycles. The van der Waals surface area contributed by atoms with Gasteiger partial charge in [-0.15, -0.1) is 0 Å². The number of hydrogen-bond acceptors (Lipinski definition) is 2. The first-order valence-electron chi connectivity index (χ1n) is 6.59. The van der Waals surface area contributed by atoms with Crippen molar-refractivity contribution in [1.29, 1.82) is 0 Å². The van der Waals surface area contributed by atoms with Gasteiger partial charge in [-0.1, -0.05) is 42.5 Å². The van der Waals surface area contributed by atoms with Gasteiger partial charge in [0.1, 0.15) is 0 Å². The summed E-state index contributed by atoms with van der Waals surface area (Å²) in [6.45, 7) is 1.94. The lowest BCUT2D eigenvalue weighted by molar-refractivity contribution is 0.0941. The van der Waals surface area contributed by atoms with E-state index in [4.69, 9.17) is 18.0 Å². The van der Waals surface area contributed by atoms with Gasteiger partial charge in [-0.2, -0.15) is 0 Å². The molecule has 4 N–H and O–H groups in total. The fourth-order valence-electron chi connectivity index (χ4n) is 2.02. The lowest BCUT2D eigenvalue weighted by Crippen LogP contribution is -2.28. The molecule has 0 aromatic heterocycles. The van der Waals surface area contributed by atoms with E-state index in [2.05, 4.69) is 10.6 Å². The first-order valence-corrected chi connectivity index (χ1v) is 7.00. The Balaban J connectivity index is 2.15. The van der Waals surface area contributed by atoms with E-state index in [0.29, 0.717) is 11.3 Å². The van der Waals surface area contributed by atoms with Crippen molar-refractivity contribution in [1.82, 2.24) is 5.32 Å². The molecule has 0 fully saturated rings. The van der Waals surface area contributed by atoms with Gasteiger partial charge in [0.15, 0.2) is 5.11 Å². The number of thiocarbonyl (C=S) groups is 1. The van der Waals surface area contributed by atoms with Gasteiger partial charge in [-0.25, -0.2) is 0 Å². The summed E-state index contributed by atoms with van der Waals surface area (Å²) in [6, 6.07) is 16.8. The van der Waals surface area contributed by atoms with Crippen molar-refractivity contribution in [3.63, 3.8) is 0 Å². The fraction of sp³-hybridized carbons (Fsp3) is 0.125. The number of carbonyl (C=O) groups is 1. The average Bonchev–Trinajstić information content (AvgIpc) is 2.48. The largest absolute Gasteiger partial charge is 0.376 e. The van der Waals surface area contributed by atoms with Crippen LogP contribution < -0.4 is 16.4 Å². The molecule has 0 saturated carbocycles. The van der Waals surface area contributed by atoms with E-state index in [1.165, 1.54) is 0 Å². The summed E-state index contributed by atoms with van der Waals surface area (Å²) in [5.41, 5.74) is 7.63. The molecular formula is C16H17N3OS. The number of para-hydroxylation sites is 1. The van der Waals surface area contributed by atoms with Crippen molar-refractivity contribution in [3.05, 3.63) is 65.7 Å². The number of rotatable bonds is 4. The molecule has 5 heteroatoms. The van der Waals surface area contributed by atoms with Gasteiger partial charge in [0.2, 0.25) is 0 Å². The molecule has 0 aliphatic carbocycles. The number of anilines is 1. The molecule has 0 aliphatic heterocycles. The van der Waals surface area contributed by atoms with Gasteiger partial charge in [-0.3, -0.25) is 4.79 Å². The van der Waals surface area contributed by atoms with Crippen LogP contribution in [0, 0.1) is 0 Å². The maximum Gasteiger partial charge on any atom is 0.253 e. The molecule has 0 heterocycles. The Labute approximate surface area is 129 Å². The predicted octanol–water partition coefficient (Wildman–Crippen LogP) is 2.83. The third kappa shape index (κ3) is 4.03. The van der Waals surface area contributed by atoms with Crippen LogP contribution in [-0.2, 0) is 0 Å². The zero-order valence-corrected chi connectivity index (χ0v) is 12.5. The van der Waals surface area contributed by atoms with Crippen molar-refractivity contribution in [3.8, 4) is 0 Å². The van der Waals surface area contributed by atoms with Gasteiger partial charge in [0.25, 0.3) is 5.91 Å². The highest BCUT2D eigenvalue weighted by molar-refractivity contribution is 7.80. The van der Waals surface area contributed by atoms with Crippen LogP contribution >= 0.6 is 12.2 Å². The summed E-state index contributed by atoms with van der Waals surface area (Å²) in [6.07, 6.45) is 0. The van der Waals surface area contributed by atoms with E-state index in [1.54, 1.807) is 18.2 Å². The second kappa shape index (κ2) is 6.85. The van der Waals surface area contributed by atoms with E-state index in [0.717, 1.165) is 5.56 Å². The Morgan fingerprint density at radius 1 is 1.10 bits per heavy atom. The Morgan fingerprint density at radius 3 is 2.38 bits per heavy atom. The molecule has 2 aromatic rings. The maximum absolute atomic E-state index is 12.4. The lowest BCUT2D eigenvalue weighted by Gasteiger charge is -2.16. The van der Waals surface area contributed by atoms with Crippen LogP contribution in [-0.4, -0.2) is 11.0 Å². The topological polar surface area (TPSA) is 67.2 Å². The van der Waals surface area contributed by atoms with E-state index >= 15 is 0 Å². The second-order valence-electron chi connectivity index (χ2n) is 4.64. The fourth-order valence-corrected chi connectivity index (χ4v) is 2.13. The molecule has 1 unspecified atom stereocenters. The summed E-state index contributed by atoms with van der Waals surface area (Å²) in [5, 5.41) is 5.91. The normalized spacial score (nSPS) is 11.5. The van der Waals surface area contributed by atoms with Crippen molar-refractivity contribution in [2.24, 2.45) is 5.73 Å². The minimum atomic E-state index is -0.175. The Bertz CT molecular complexity index is 643. The molecule has 0 aliphatic rings. The molecule has 1 amide bonds. The molecule has 108 valence electrons. The van der Waals surface area contributed by atoms with E-state index < -0.39 is 0 Å². The number of hydrogen-bond donors (Lipinski definition) is 3. The molecule has 0 bridgehead atoms. The third-order valence-electron chi connectivity index (χ3n) is 3.08. The number of amides is 1. The van der Waals surface area contributed by atoms with Gasteiger partial charge in [-0.05, 0) is 36.8 Å².